The summed E-state index contributed by atoms with van der Waals surface area (Å²) in [4.78, 5) is 5.51. The highest BCUT2D eigenvalue weighted by Crippen LogP contribution is 2.36. The van der Waals surface area contributed by atoms with Crippen molar-refractivity contribution in [2.24, 2.45) is 5.73 Å². The zero-order chi connectivity index (χ0) is 15.7. The van der Waals surface area contributed by atoms with Crippen LogP contribution in [-0.4, -0.2) is 10.1 Å². The summed E-state index contributed by atoms with van der Waals surface area (Å²) >= 11 is 5.01. The van der Waals surface area contributed by atoms with E-state index >= 15 is 0 Å². The minimum absolute atomic E-state index is 0.225. The van der Waals surface area contributed by atoms with Crippen LogP contribution in [0, 0.1) is 0 Å². The van der Waals surface area contributed by atoms with Gasteiger partial charge in [0.25, 0.3) is 0 Å². The molecule has 0 aliphatic carbocycles. The number of hydrogen-bond acceptors (Lipinski definition) is 5. The van der Waals surface area contributed by atoms with E-state index in [1.807, 2.05) is 56.3 Å². The van der Waals surface area contributed by atoms with Crippen molar-refractivity contribution in [3.8, 4) is 10.7 Å². The topological polar surface area (TPSA) is 64.9 Å². The maximum Gasteiger partial charge on any atom is 0.234 e. The van der Waals surface area contributed by atoms with Crippen LogP contribution in [0.5, 0.6) is 0 Å². The molecule has 2 N–H and O–H groups in total. The van der Waals surface area contributed by atoms with Crippen molar-refractivity contribution < 1.29 is 4.52 Å². The third-order valence-electron chi connectivity index (χ3n) is 3.71. The van der Waals surface area contributed by atoms with E-state index in [1.165, 1.54) is 0 Å². The molecule has 2 heterocycles. The maximum atomic E-state index is 6.42. The number of nitrogens with two attached hydrogens (primary N) is 1. The number of benzene rings is 1. The number of nitrogens with zero attached hydrogens (tertiary/aromatic N) is 2. The molecular formula is C16H16BrN3OS. The zero-order valence-electron chi connectivity index (χ0n) is 12.3. The van der Waals surface area contributed by atoms with Gasteiger partial charge in [0.1, 0.15) is 0 Å². The van der Waals surface area contributed by atoms with E-state index in [2.05, 4.69) is 26.1 Å². The Morgan fingerprint density at radius 1 is 1.18 bits per heavy atom. The number of aromatic nitrogens is 2. The predicted octanol–water partition coefficient (Wildman–Crippen LogP) is 4.54. The zero-order valence-corrected chi connectivity index (χ0v) is 14.7. The Labute approximate surface area is 141 Å². The summed E-state index contributed by atoms with van der Waals surface area (Å²) in [7, 11) is 0. The molecule has 1 aromatic carbocycles. The van der Waals surface area contributed by atoms with Gasteiger partial charge in [-0.15, -0.1) is 11.3 Å². The smallest absolute Gasteiger partial charge is 0.234 e. The highest BCUT2D eigenvalue weighted by molar-refractivity contribution is 9.11. The van der Waals surface area contributed by atoms with Gasteiger partial charge in [-0.3, -0.25) is 0 Å². The van der Waals surface area contributed by atoms with Crippen LogP contribution in [0.2, 0.25) is 0 Å². The van der Waals surface area contributed by atoms with E-state index < -0.39 is 5.41 Å². The average molecular weight is 378 g/mol. The average Bonchev–Trinajstić information content (AvgIpc) is 3.16. The lowest BCUT2D eigenvalue weighted by molar-refractivity contribution is 0.276. The Bertz CT molecular complexity index is 767. The second-order valence-electron chi connectivity index (χ2n) is 5.64. The summed E-state index contributed by atoms with van der Waals surface area (Å²) in [5, 5.41) is 4.09. The first-order chi connectivity index (χ1) is 10.5. The Morgan fingerprint density at radius 2 is 1.91 bits per heavy atom. The number of hydrogen-bond donors (Lipinski definition) is 1. The summed E-state index contributed by atoms with van der Waals surface area (Å²) < 4.78 is 6.52. The third-order valence-corrected chi connectivity index (χ3v) is 5.33. The quantitative estimate of drug-likeness (QED) is 0.724. The molecule has 4 nitrogen and oxygen atoms in total. The van der Waals surface area contributed by atoms with Gasteiger partial charge < -0.3 is 10.3 Å². The van der Waals surface area contributed by atoms with Gasteiger partial charge in [0.15, 0.2) is 0 Å². The van der Waals surface area contributed by atoms with Crippen LogP contribution in [0.15, 0.2) is 50.8 Å². The summed E-state index contributed by atoms with van der Waals surface area (Å²) in [6, 6.07) is 13.7. The van der Waals surface area contributed by atoms with E-state index in [-0.39, 0.29) is 6.04 Å². The molecule has 1 unspecified atom stereocenters. The first-order valence-corrected chi connectivity index (χ1v) is 8.50. The molecule has 114 valence electrons. The largest absolute Gasteiger partial charge is 0.338 e. The van der Waals surface area contributed by atoms with Gasteiger partial charge in [-0.05, 0) is 47.5 Å². The Kier molecular flexibility index (Phi) is 4.16. The molecule has 0 bridgehead atoms. The number of halogens is 1. The molecule has 0 aliphatic heterocycles. The summed E-state index contributed by atoms with van der Waals surface area (Å²) in [6.45, 7) is 4.04. The van der Waals surface area contributed by atoms with Crippen molar-refractivity contribution in [1.82, 2.24) is 10.1 Å². The molecule has 0 amide bonds. The fourth-order valence-electron chi connectivity index (χ4n) is 2.23. The van der Waals surface area contributed by atoms with Crippen LogP contribution < -0.4 is 5.73 Å². The highest BCUT2D eigenvalue weighted by atomic mass is 79.9. The molecule has 0 saturated heterocycles. The fourth-order valence-corrected chi connectivity index (χ4v) is 3.54. The van der Waals surface area contributed by atoms with E-state index in [0.717, 1.165) is 14.2 Å². The van der Waals surface area contributed by atoms with Crippen LogP contribution in [-0.2, 0) is 5.41 Å². The molecule has 0 spiro atoms. The molecule has 0 radical (unpaired) electrons. The predicted molar refractivity (Wildman–Crippen MR) is 91.7 cm³/mol. The monoisotopic (exact) mass is 377 g/mol. The minimum atomic E-state index is -0.457. The molecule has 6 heteroatoms. The molecule has 22 heavy (non-hydrogen) atoms. The van der Waals surface area contributed by atoms with E-state index in [9.17, 15) is 0 Å². The minimum Gasteiger partial charge on any atom is -0.338 e. The Balaban J connectivity index is 1.91. The Hall–Kier alpha value is -1.50. The summed E-state index contributed by atoms with van der Waals surface area (Å²) in [5.41, 5.74) is 7.01. The van der Waals surface area contributed by atoms with Gasteiger partial charge in [0.05, 0.1) is 14.1 Å². The Morgan fingerprint density at radius 3 is 2.55 bits per heavy atom. The van der Waals surface area contributed by atoms with Crippen LogP contribution >= 0.6 is 27.3 Å². The lowest BCUT2D eigenvalue weighted by atomic mass is 9.81. The normalized spacial score (nSPS) is 13.3. The van der Waals surface area contributed by atoms with E-state index in [0.29, 0.717) is 11.7 Å². The number of thiophene rings is 1. The highest BCUT2D eigenvalue weighted by Gasteiger charge is 2.35. The van der Waals surface area contributed by atoms with E-state index in [1.54, 1.807) is 11.3 Å². The molecule has 1 atom stereocenters. The molecular weight excluding hydrogens is 362 g/mol. The van der Waals surface area contributed by atoms with Gasteiger partial charge in [0.2, 0.25) is 11.7 Å². The first kappa shape index (κ1) is 15.4. The molecule has 2 aromatic heterocycles. The molecule has 3 rings (SSSR count). The van der Waals surface area contributed by atoms with Gasteiger partial charge in [-0.1, -0.05) is 35.5 Å². The first-order valence-electron chi connectivity index (χ1n) is 6.89. The second kappa shape index (κ2) is 5.95. The summed E-state index contributed by atoms with van der Waals surface area (Å²) in [5.74, 6) is 1.14. The molecule has 0 saturated carbocycles. The molecule has 0 aliphatic rings. The SMILES string of the molecule is CC(C)(c1nc(-c2ccc(Br)s2)no1)C(N)c1ccccc1. The van der Waals surface area contributed by atoms with E-state index in [4.69, 9.17) is 10.3 Å². The van der Waals surface area contributed by atoms with Crippen molar-refractivity contribution in [2.45, 2.75) is 25.3 Å². The van der Waals surface area contributed by atoms with Gasteiger partial charge >= 0.3 is 0 Å². The van der Waals surface area contributed by atoms with Gasteiger partial charge in [-0.2, -0.15) is 4.98 Å². The van der Waals surface area contributed by atoms with Crippen molar-refractivity contribution in [3.63, 3.8) is 0 Å². The van der Waals surface area contributed by atoms with Crippen LogP contribution in [0.1, 0.15) is 31.3 Å². The maximum absolute atomic E-state index is 6.42. The standard InChI is InChI=1S/C16H16BrN3OS/c1-16(2,13(18)10-6-4-3-5-7-10)15-19-14(20-21-15)11-8-9-12(17)22-11/h3-9,13H,18H2,1-2H3. The van der Waals surface area contributed by atoms with Crippen molar-refractivity contribution >= 4 is 27.3 Å². The lowest BCUT2D eigenvalue weighted by Crippen LogP contribution is -2.33. The van der Waals surface area contributed by atoms with Gasteiger partial charge in [0, 0.05) is 6.04 Å². The van der Waals surface area contributed by atoms with Crippen molar-refractivity contribution in [2.75, 3.05) is 0 Å². The molecule has 3 aromatic rings. The van der Waals surface area contributed by atoms with Crippen LogP contribution in [0.4, 0.5) is 0 Å². The lowest BCUT2D eigenvalue weighted by Gasteiger charge is -2.28. The van der Waals surface area contributed by atoms with Crippen molar-refractivity contribution in [1.29, 1.82) is 0 Å². The fraction of sp³-hybridized carbons (Fsp3) is 0.250. The molecule has 0 fully saturated rings. The van der Waals surface area contributed by atoms with Crippen LogP contribution in [0.25, 0.3) is 10.7 Å². The van der Waals surface area contributed by atoms with Gasteiger partial charge in [-0.25, -0.2) is 0 Å². The third kappa shape index (κ3) is 2.86. The number of rotatable bonds is 4. The second-order valence-corrected chi connectivity index (χ2v) is 8.10. The van der Waals surface area contributed by atoms with Crippen LogP contribution in [0.3, 0.4) is 0 Å². The van der Waals surface area contributed by atoms with Crippen molar-refractivity contribution in [3.05, 3.63) is 57.7 Å². The summed E-state index contributed by atoms with van der Waals surface area (Å²) in [6.07, 6.45) is 0.